The molecule has 1 aliphatic rings. The van der Waals surface area contributed by atoms with E-state index in [1.807, 2.05) is 48.5 Å². The third-order valence-electron chi connectivity index (χ3n) is 4.02. The molecule has 4 heteroatoms. The number of nitrogens with one attached hydrogen (secondary N) is 1. The fraction of sp³-hybridized carbons (Fsp3) is 0.105. The van der Waals surface area contributed by atoms with Crippen molar-refractivity contribution in [1.29, 1.82) is 0 Å². The van der Waals surface area contributed by atoms with Crippen molar-refractivity contribution in [1.82, 2.24) is 0 Å². The monoisotopic (exact) mass is 305 g/mol. The van der Waals surface area contributed by atoms with Crippen LogP contribution in [0, 0.1) is 0 Å². The lowest BCUT2D eigenvalue weighted by atomic mass is 10.0. The average Bonchev–Trinajstić information content (AvgIpc) is 3.41. The molecule has 0 bridgehead atoms. The fourth-order valence-corrected chi connectivity index (χ4v) is 2.66. The van der Waals surface area contributed by atoms with Crippen LogP contribution in [0.4, 0.5) is 5.69 Å². The largest absolute Gasteiger partial charge is 0.506 e. The Morgan fingerprint density at radius 1 is 1.04 bits per heavy atom. The van der Waals surface area contributed by atoms with Gasteiger partial charge in [0, 0.05) is 11.1 Å². The summed E-state index contributed by atoms with van der Waals surface area (Å²) in [6.07, 6.45) is 0.198. The van der Waals surface area contributed by atoms with E-state index in [9.17, 15) is 9.90 Å². The van der Waals surface area contributed by atoms with E-state index in [0.717, 1.165) is 17.6 Å². The molecule has 23 heavy (non-hydrogen) atoms. The highest BCUT2D eigenvalue weighted by molar-refractivity contribution is 6.09. The number of hydrogen-bond donors (Lipinski definition) is 2. The first-order chi connectivity index (χ1) is 11.2. The van der Waals surface area contributed by atoms with Gasteiger partial charge in [0.1, 0.15) is 11.9 Å². The molecule has 114 valence electrons. The molecule has 1 aliphatic heterocycles. The van der Waals surface area contributed by atoms with Gasteiger partial charge in [-0.15, -0.1) is 0 Å². The van der Waals surface area contributed by atoms with Gasteiger partial charge < -0.3 is 15.2 Å². The quantitative estimate of drug-likeness (QED) is 0.722. The van der Waals surface area contributed by atoms with Crippen molar-refractivity contribution in [2.24, 2.45) is 0 Å². The van der Waals surface area contributed by atoms with Gasteiger partial charge >= 0.3 is 0 Å². The van der Waals surface area contributed by atoms with E-state index in [2.05, 4.69) is 5.32 Å². The second-order valence-electron chi connectivity index (χ2n) is 5.58. The van der Waals surface area contributed by atoms with Crippen LogP contribution >= 0.6 is 0 Å². The Hall–Kier alpha value is -2.85. The molecule has 3 aromatic carbocycles. The molecular formula is C19H15NO3. The van der Waals surface area contributed by atoms with Crippen LogP contribution in [0.15, 0.2) is 60.7 Å². The minimum Gasteiger partial charge on any atom is -0.506 e. The highest BCUT2D eigenvalue weighted by Gasteiger charge is 2.24. The summed E-state index contributed by atoms with van der Waals surface area (Å²) >= 11 is 0. The minimum atomic E-state index is -0.330. The SMILES string of the molecule is O=C(Nc1ccc(C2CO2)cc1)c1ccc2ccccc2c1O. The number of ether oxygens (including phenoxy) is 1. The molecule has 0 radical (unpaired) electrons. The summed E-state index contributed by atoms with van der Waals surface area (Å²) in [7, 11) is 0. The Bertz CT molecular complexity index is 883. The fourth-order valence-electron chi connectivity index (χ4n) is 2.66. The highest BCUT2D eigenvalue weighted by Crippen LogP contribution is 2.31. The number of aromatic hydroxyl groups is 1. The number of fused-ring (bicyclic) bond motifs is 1. The summed E-state index contributed by atoms with van der Waals surface area (Å²) in [6.45, 7) is 0.761. The molecule has 4 rings (SSSR count). The van der Waals surface area contributed by atoms with E-state index in [1.165, 1.54) is 0 Å². The summed E-state index contributed by atoms with van der Waals surface area (Å²) < 4.78 is 5.22. The summed E-state index contributed by atoms with van der Waals surface area (Å²) in [5.41, 5.74) is 2.06. The molecule has 1 heterocycles. The topological polar surface area (TPSA) is 61.9 Å². The van der Waals surface area contributed by atoms with Gasteiger partial charge in [0.05, 0.1) is 12.2 Å². The summed E-state index contributed by atoms with van der Waals surface area (Å²) in [5, 5.41) is 14.7. The maximum Gasteiger partial charge on any atom is 0.259 e. The number of hydrogen-bond acceptors (Lipinski definition) is 3. The van der Waals surface area contributed by atoms with Crippen molar-refractivity contribution >= 4 is 22.4 Å². The molecular weight excluding hydrogens is 290 g/mol. The van der Waals surface area contributed by atoms with Crippen LogP contribution in [-0.2, 0) is 4.74 Å². The molecule has 1 unspecified atom stereocenters. The van der Waals surface area contributed by atoms with E-state index < -0.39 is 0 Å². The first kappa shape index (κ1) is 13.8. The van der Waals surface area contributed by atoms with Crippen molar-refractivity contribution in [2.75, 3.05) is 11.9 Å². The third-order valence-corrected chi connectivity index (χ3v) is 4.02. The number of phenolic OH excluding ortho intramolecular Hbond substituents is 1. The summed E-state index contributed by atoms with van der Waals surface area (Å²) in [4.78, 5) is 12.4. The van der Waals surface area contributed by atoms with E-state index in [0.29, 0.717) is 11.1 Å². The van der Waals surface area contributed by atoms with Crippen molar-refractivity contribution in [3.8, 4) is 5.75 Å². The highest BCUT2D eigenvalue weighted by atomic mass is 16.6. The maximum absolute atomic E-state index is 12.4. The number of anilines is 1. The number of carbonyl (C=O) groups excluding carboxylic acids is 1. The molecule has 3 aromatic rings. The van der Waals surface area contributed by atoms with Crippen LogP contribution in [0.5, 0.6) is 5.75 Å². The van der Waals surface area contributed by atoms with Gasteiger partial charge in [-0.3, -0.25) is 4.79 Å². The Labute approximate surface area is 133 Å². The van der Waals surface area contributed by atoms with E-state index in [-0.39, 0.29) is 23.3 Å². The lowest BCUT2D eigenvalue weighted by molar-refractivity contribution is 0.102. The third kappa shape index (κ3) is 2.64. The van der Waals surface area contributed by atoms with Gasteiger partial charge in [-0.05, 0) is 29.1 Å². The van der Waals surface area contributed by atoms with Crippen LogP contribution in [0.25, 0.3) is 10.8 Å². The van der Waals surface area contributed by atoms with Crippen molar-refractivity contribution in [3.05, 3.63) is 71.8 Å². The van der Waals surface area contributed by atoms with Gasteiger partial charge in [-0.2, -0.15) is 0 Å². The maximum atomic E-state index is 12.4. The molecule has 1 atom stereocenters. The molecule has 1 saturated heterocycles. The number of rotatable bonds is 3. The molecule has 4 nitrogen and oxygen atoms in total. The number of phenols is 1. The van der Waals surface area contributed by atoms with Gasteiger partial charge in [0.15, 0.2) is 0 Å². The van der Waals surface area contributed by atoms with Crippen LogP contribution in [0.1, 0.15) is 22.0 Å². The molecule has 1 amide bonds. The van der Waals surface area contributed by atoms with Crippen LogP contribution in [-0.4, -0.2) is 17.6 Å². The lowest BCUT2D eigenvalue weighted by Crippen LogP contribution is -2.12. The number of carbonyl (C=O) groups is 1. The zero-order chi connectivity index (χ0) is 15.8. The van der Waals surface area contributed by atoms with Gasteiger partial charge in [0.2, 0.25) is 0 Å². The van der Waals surface area contributed by atoms with E-state index in [4.69, 9.17) is 4.74 Å². The summed E-state index contributed by atoms with van der Waals surface area (Å²) in [5.74, 6) is -0.327. The molecule has 0 aromatic heterocycles. The predicted octanol–water partition coefficient (Wildman–Crippen LogP) is 3.87. The van der Waals surface area contributed by atoms with Crippen LogP contribution < -0.4 is 5.32 Å². The van der Waals surface area contributed by atoms with Crippen LogP contribution in [0.3, 0.4) is 0 Å². The Kier molecular flexibility index (Phi) is 3.24. The van der Waals surface area contributed by atoms with E-state index in [1.54, 1.807) is 12.1 Å². The van der Waals surface area contributed by atoms with Crippen molar-refractivity contribution in [2.45, 2.75) is 6.10 Å². The smallest absolute Gasteiger partial charge is 0.259 e. The lowest BCUT2D eigenvalue weighted by Gasteiger charge is -2.09. The zero-order valence-corrected chi connectivity index (χ0v) is 12.3. The molecule has 1 fully saturated rings. The van der Waals surface area contributed by atoms with Crippen molar-refractivity contribution in [3.63, 3.8) is 0 Å². The first-order valence-electron chi connectivity index (χ1n) is 7.46. The predicted molar refractivity (Wildman–Crippen MR) is 88.7 cm³/mol. The second kappa shape index (κ2) is 5.41. The van der Waals surface area contributed by atoms with Gasteiger partial charge in [0.25, 0.3) is 5.91 Å². The molecule has 0 aliphatic carbocycles. The number of amides is 1. The average molecular weight is 305 g/mol. The first-order valence-corrected chi connectivity index (χ1v) is 7.46. The molecule has 2 N–H and O–H groups in total. The summed E-state index contributed by atoms with van der Waals surface area (Å²) in [6, 6.07) is 18.5. The van der Waals surface area contributed by atoms with Gasteiger partial charge in [-0.1, -0.05) is 42.5 Å². The normalized spacial score (nSPS) is 16.3. The molecule has 0 saturated carbocycles. The Balaban J connectivity index is 1.60. The second-order valence-corrected chi connectivity index (χ2v) is 5.58. The van der Waals surface area contributed by atoms with Crippen molar-refractivity contribution < 1.29 is 14.6 Å². The van der Waals surface area contributed by atoms with E-state index >= 15 is 0 Å². The number of benzene rings is 3. The Morgan fingerprint density at radius 2 is 1.78 bits per heavy atom. The number of epoxide rings is 1. The minimum absolute atomic E-state index is 0.00333. The van der Waals surface area contributed by atoms with Gasteiger partial charge in [-0.25, -0.2) is 0 Å². The van der Waals surface area contributed by atoms with Crippen LogP contribution in [0.2, 0.25) is 0 Å². The zero-order valence-electron chi connectivity index (χ0n) is 12.3. The molecule has 0 spiro atoms. The standard InChI is InChI=1S/C19H15NO3/c21-18-15-4-2-1-3-12(15)7-10-16(18)19(22)20-14-8-5-13(6-9-14)17-11-23-17/h1-10,17,21H,11H2,(H,20,22). The Morgan fingerprint density at radius 3 is 2.52 bits per heavy atom.